The number of nitrogens with zero attached hydrogens (tertiary/aromatic N) is 2. The zero-order chi connectivity index (χ0) is 23.8. The number of aliphatic hydroxyl groups is 1. The molecular weight excluding hydrogens is 429 g/mol. The molecule has 1 saturated heterocycles. The van der Waals surface area contributed by atoms with E-state index in [-0.39, 0.29) is 27.5 Å². The van der Waals surface area contributed by atoms with Crippen LogP contribution in [-0.4, -0.2) is 66.9 Å². The van der Waals surface area contributed by atoms with Gasteiger partial charge in [-0.05, 0) is 18.2 Å². The Balaban J connectivity index is 2.34. The van der Waals surface area contributed by atoms with Crippen molar-refractivity contribution in [2.24, 2.45) is 5.92 Å². The minimum atomic E-state index is -5.34. The number of rotatable bonds is 5. The molecule has 0 bridgehead atoms. The molecule has 0 saturated carbocycles. The maximum absolute atomic E-state index is 14.3. The van der Waals surface area contributed by atoms with Crippen LogP contribution in [0.1, 0.15) is 22.0 Å². The second kappa shape index (κ2) is 8.34. The van der Waals surface area contributed by atoms with E-state index < -0.39 is 35.7 Å². The Kier molecular flexibility index (Phi) is 6.10. The van der Waals surface area contributed by atoms with E-state index in [0.29, 0.717) is 0 Å². The third-order valence-electron chi connectivity index (χ3n) is 5.78. The van der Waals surface area contributed by atoms with Crippen molar-refractivity contribution in [2.75, 3.05) is 28.3 Å². The van der Waals surface area contributed by atoms with Crippen LogP contribution in [0.2, 0.25) is 0 Å². The summed E-state index contributed by atoms with van der Waals surface area (Å²) >= 11 is 0. The topological polar surface area (TPSA) is 79.3 Å². The lowest BCUT2D eigenvalue weighted by Crippen LogP contribution is -2.73. The summed E-state index contributed by atoms with van der Waals surface area (Å²) in [5, 5.41) is 11.0. The van der Waals surface area contributed by atoms with Crippen LogP contribution in [0.3, 0.4) is 0 Å². The van der Waals surface area contributed by atoms with Gasteiger partial charge in [0.05, 0.1) is 20.3 Å². The molecule has 32 heavy (non-hydrogen) atoms. The number of methoxy groups -OCH3 is 2. The van der Waals surface area contributed by atoms with Gasteiger partial charge in [-0.1, -0.05) is 30.3 Å². The third-order valence-corrected chi connectivity index (χ3v) is 5.78. The van der Waals surface area contributed by atoms with E-state index in [1.807, 2.05) is 0 Å². The number of benzene rings is 2. The number of Topliss-reactive ketones (excluding diaryl/α,β-unsaturated/α-hetero) is 1. The van der Waals surface area contributed by atoms with Crippen molar-refractivity contribution in [3.8, 4) is 11.5 Å². The normalized spacial score (nSPS) is 23.8. The van der Waals surface area contributed by atoms with Gasteiger partial charge >= 0.3 is 12.2 Å². The van der Waals surface area contributed by atoms with Gasteiger partial charge in [0.1, 0.15) is 17.4 Å². The number of carbonyl (C=O) groups is 2. The van der Waals surface area contributed by atoms with Crippen LogP contribution in [0.4, 0.5) is 18.0 Å². The zero-order valence-electron chi connectivity index (χ0n) is 17.9. The van der Waals surface area contributed by atoms with Gasteiger partial charge in [0.25, 0.3) is 5.72 Å². The number of ether oxygens (including phenoxy) is 2. The summed E-state index contributed by atoms with van der Waals surface area (Å²) in [7, 11) is 4.76. The molecule has 1 heterocycles. The van der Waals surface area contributed by atoms with Crippen LogP contribution in [0, 0.1) is 5.92 Å². The molecule has 1 aliphatic rings. The molecule has 3 atom stereocenters. The zero-order valence-corrected chi connectivity index (χ0v) is 17.9. The van der Waals surface area contributed by atoms with Gasteiger partial charge in [0, 0.05) is 25.2 Å². The summed E-state index contributed by atoms with van der Waals surface area (Å²) in [6.45, 7) is 0. The minimum Gasteiger partial charge on any atom is -0.497 e. The van der Waals surface area contributed by atoms with Gasteiger partial charge in [-0.15, -0.1) is 0 Å². The molecule has 2 amide bonds. The van der Waals surface area contributed by atoms with E-state index in [2.05, 4.69) is 0 Å². The van der Waals surface area contributed by atoms with Gasteiger partial charge in [0.2, 0.25) is 0 Å². The lowest BCUT2D eigenvalue weighted by molar-refractivity contribution is -0.328. The van der Waals surface area contributed by atoms with Crippen LogP contribution >= 0.6 is 0 Å². The molecule has 7 nitrogen and oxygen atoms in total. The van der Waals surface area contributed by atoms with Crippen molar-refractivity contribution >= 4 is 11.8 Å². The summed E-state index contributed by atoms with van der Waals surface area (Å²) in [5.74, 6) is -2.69. The van der Waals surface area contributed by atoms with E-state index >= 15 is 0 Å². The Bertz CT molecular complexity index is 1010. The molecule has 1 aliphatic heterocycles. The first-order chi connectivity index (χ1) is 15.0. The van der Waals surface area contributed by atoms with Crippen LogP contribution in [0.25, 0.3) is 0 Å². The molecule has 3 unspecified atom stereocenters. The van der Waals surface area contributed by atoms with Gasteiger partial charge in [0.15, 0.2) is 5.78 Å². The highest BCUT2D eigenvalue weighted by Gasteiger charge is 2.70. The smallest absolute Gasteiger partial charge is 0.437 e. The van der Waals surface area contributed by atoms with Crippen molar-refractivity contribution in [1.29, 1.82) is 0 Å². The highest BCUT2D eigenvalue weighted by Crippen LogP contribution is 2.52. The van der Waals surface area contributed by atoms with Crippen LogP contribution in [-0.2, 0) is 0 Å². The van der Waals surface area contributed by atoms with Crippen LogP contribution in [0.5, 0.6) is 11.5 Å². The number of hydrogen-bond acceptors (Lipinski definition) is 5. The third kappa shape index (κ3) is 3.54. The molecule has 2 aromatic rings. The molecule has 1 N–H and O–H groups in total. The Labute approximate surface area is 182 Å². The average molecular weight is 452 g/mol. The lowest BCUT2D eigenvalue weighted by Gasteiger charge is -2.53. The van der Waals surface area contributed by atoms with Crippen molar-refractivity contribution in [3.63, 3.8) is 0 Å². The van der Waals surface area contributed by atoms with E-state index in [1.165, 1.54) is 63.7 Å². The quantitative estimate of drug-likeness (QED) is 0.703. The summed E-state index contributed by atoms with van der Waals surface area (Å²) in [6, 6.07) is 9.08. The first kappa shape index (κ1) is 23.4. The number of amides is 2. The standard InChI is InChI=1S/C22H23F3N2O5/c1-26-18(15-12-14(31-3)10-11-16(15)32-4)17(19(28)13-8-6-5-7-9-13)21(30,22(23,24)25)27(2)20(26)29/h5-12,17-18,30H,1-4H3. The number of alkyl halides is 3. The highest BCUT2D eigenvalue weighted by molar-refractivity contribution is 6.00. The fraction of sp³-hybridized carbons (Fsp3) is 0.364. The molecule has 0 aliphatic carbocycles. The SMILES string of the molecule is COc1ccc(OC)c(C2C(C(=O)c3ccccc3)C(O)(C(F)(F)F)N(C)C(=O)N2C)c1. The minimum absolute atomic E-state index is 0.0387. The van der Waals surface area contributed by atoms with E-state index in [4.69, 9.17) is 9.47 Å². The van der Waals surface area contributed by atoms with Crippen molar-refractivity contribution in [2.45, 2.75) is 17.9 Å². The van der Waals surface area contributed by atoms with E-state index in [1.54, 1.807) is 6.07 Å². The first-order valence-corrected chi connectivity index (χ1v) is 9.60. The fourth-order valence-electron chi connectivity index (χ4n) is 4.09. The number of carbonyl (C=O) groups excluding carboxylic acids is 2. The summed E-state index contributed by atoms with van der Waals surface area (Å²) in [5.41, 5.74) is -3.72. The van der Waals surface area contributed by atoms with Crippen LogP contribution in [0.15, 0.2) is 48.5 Å². The van der Waals surface area contributed by atoms with Crippen molar-refractivity contribution < 1.29 is 37.3 Å². The lowest BCUT2D eigenvalue weighted by atomic mass is 9.75. The average Bonchev–Trinajstić information content (AvgIpc) is 2.78. The van der Waals surface area contributed by atoms with E-state index in [9.17, 15) is 27.9 Å². The molecule has 0 aromatic heterocycles. The monoisotopic (exact) mass is 452 g/mol. The Morgan fingerprint density at radius 1 is 1.06 bits per heavy atom. The molecule has 0 radical (unpaired) electrons. The second-order valence-electron chi connectivity index (χ2n) is 7.44. The van der Waals surface area contributed by atoms with Gasteiger partial charge in [-0.3, -0.25) is 9.69 Å². The predicted molar refractivity (Wildman–Crippen MR) is 108 cm³/mol. The molecular formula is C22H23F3N2O5. The summed E-state index contributed by atoms with van der Waals surface area (Å²) < 4.78 is 53.6. The highest BCUT2D eigenvalue weighted by atomic mass is 19.4. The summed E-state index contributed by atoms with van der Waals surface area (Å²) in [6.07, 6.45) is -5.34. The van der Waals surface area contributed by atoms with Crippen LogP contribution < -0.4 is 9.47 Å². The predicted octanol–water partition coefficient (Wildman–Crippen LogP) is 3.49. The molecule has 1 fully saturated rings. The first-order valence-electron chi connectivity index (χ1n) is 9.60. The largest absolute Gasteiger partial charge is 0.497 e. The second-order valence-corrected chi connectivity index (χ2v) is 7.44. The maximum Gasteiger partial charge on any atom is 0.437 e. The van der Waals surface area contributed by atoms with Gasteiger partial charge < -0.3 is 19.5 Å². The number of halogens is 3. The Morgan fingerprint density at radius 2 is 1.69 bits per heavy atom. The van der Waals surface area contributed by atoms with Crippen molar-refractivity contribution in [1.82, 2.24) is 9.80 Å². The fourth-order valence-corrected chi connectivity index (χ4v) is 4.09. The van der Waals surface area contributed by atoms with E-state index in [0.717, 1.165) is 11.9 Å². The van der Waals surface area contributed by atoms with Crippen molar-refractivity contribution in [3.05, 3.63) is 59.7 Å². The molecule has 3 rings (SSSR count). The molecule has 172 valence electrons. The number of ketones is 1. The molecule has 0 spiro atoms. The number of urea groups is 1. The summed E-state index contributed by atoms with van der Waals surface area (Å²) in [4.78, 5) is 27.5. The van der Waals surface area contributed by atoms with Gasteiger partial charge in [-0.2, -0.15) is 13.2 Å². The number of hydrogen-bond donors (Lipinski definition) is 1. The Morgan fingerprint density at radius 3 is 2.22 bits per heavy atom. The Hall–Kier alpha value is -3.27. The maximum atomic E-state index is 14.3. The molecule has 2 aromatic carbocycles. The molecule has 10 heteroatoms. The van der Waals surface area contributed by atoms with Gasteiger partial charge in [-0.25, -0.2) is 4.79 Å².